The lowest BCUT2D eigenvalue weighted by Gasteiger charge is -2.19. The van der Waals surface area contributed by atoms with Crippen molar-refractivity contribution in [3.8, 4) is 17.1 Å². The maximum Gasteiger partial charge on any atom is 0.284 e. The lowest BCUT2D eigenvalue weighted by molar-refractivity contribution is -0.119. The number of carbonyl (C=O) groups excluding carboxylic acids is 2. The van der Waals surface area contributed by atoms with Crippen molar-refractivity contribution in [3.63, 3.8) is 0 Å². The first-order chi connectivity index (χ1) is 14.9. The van der Waals surface area contributed by atoms with E-state index < -0.39 is 31.1 Å². The van der Waals surface area contributed by atoms with Crippen LogP contribution in [0.2, 0.25) is 0 Å². The average molecular weight is 437 g/mol. The van der Waals surface area contributed by atoms with Crippen LogP contribution in [0.4, 0.5) is 24.7 Å². The number of carbonyl (C=O) groups is 1. The van der Waals surface area contributed by atoms with Gasteiger partial charge in [-0.15, -0.1) is 0 Å². The second kappa shape index (κ2) is 8.23. The Kier molecular flexibility index (Phi) is 5.47. The predicted octanol–water partition coefficient (Wildman–Crippen LogP) is 1.32. The molecule has 1 aromatic carbocycles. The smallest absolute Gasteiger partial charge is 0.284 e. The van der Waals surface area contributed by atoms with Crippen LogP contribution in [0, 0.1) is 0 Å². The van der Waals surface area contributed by atoms with Crippen molar-refractivity contribution in [2.45, 2.75) is 25.1 Å². The molecule has 0 bridgehead atoms. The Morgan fingerprint density at radius 3 is 2.87 bits per heavy atom. The molecule has 12 heteroatoms. The summed E-state index contributed by atoms with van der Waals surface area (Å²) in [6.45, 7) is -0.722. The van der Waals surface area contributed by atoms with Gasteiger partial charge in [-0.05, 0) is 12.1 Å². The van der Waals surface area contributed by atoms with Crippen molar-refractivity contribution < 1.29 is 32.2 Å². The number of nitrogens with one attached hydrogen (secondary N) is 1. The quantitative estimate of drug-likeness (QED) is 0.656. The Bertz CT molecular complexity index is 1050. The van der Waals surface area contributed by atoms with E-state index in [9.17, 15) is 22.8 Å². The van der Waals surface area contributed by atoms with E-state index in [1.807, 2.05) is 0 Å². The Morgan fingerprint density at radius 2 is 2.19 bits per heavy atom. The lowest BCUT2D eigenvalue weighted by atomic mass is 10.1. The number of benzene rings is 1. The molecule has 31 heavy (non-hydrogen) atoms. The van der Waals surface area contributed by atoms with Crippen LogP contribution < -0.4 is 20.7 Å². The van der Waals surface area contributed by atoms with Crippen LogP contribution in [0.5, 0.6) is 5.75 Å². The second-order valence-corrected chi connectivity index (χ2v) is 6.92. The molecule has 4 rings (SSSR count). The third-order valence-electron chi connectivity index (χ3n) is 4.98. The van der Waals surface area contributed by atoms with Gasteiger partial charge >= 0.3 is 0 Å². The molecule has 0 aliphatic carbocycles. The Hall–Kier alpha value is -3.66. The van der Waals surface area contributed by atoms with Gasteiger partial charge in [-0.25, -0.2) is 22.9 Å². The molecule has 2 atom stereocenters. The number of hydrogen-bond acceptors (Lipinski definition) is 7. The van der Waals surface area contributed by atoms with Gasteiger partial charge in [0.25, 0.3) is 12.3 Å². The molecular formula is C19H18F3N5O4. The zero-order valence-corrected chi connectivity index (χ0v) is 16.1. The fourth-order valence-corrected chi connectivity index (χ4v) is 3.46. The van der Waals surface area contributed by atoms with Gasteiger partial charge in [0.05, 0.1) is 12.1 Å². The Morgan fingerprint density at radius 1 is 1.39 bits per heavy atom. The number of nitrogens with two attached hydrogens (primary N) is 1. The number of primary amides is 1. The Balaban J connectivity index is 1.70. The molecule has 164 valence electrons. The predicted molar refractivity (Wildman–Crippen MR) is 103 cm³/mol. The number of imidazole rings is 1. The molecule has 1 fully saturated rings. The number of hydrogen-bond donors (Lipinski definition) is 2. The SMILES string of the molecule is NC(=O)[C@H](CF)Nc1ccc2c(c1)OCCn1cc(N3C(=C=O)OC[C@H]3C(F)F)nc1-2. The number of aromatic nitrogens is 2. The molecule has 1 saturated heterocycles. The minimum atomic E-state index is -2.76. The highest BCUT2D eigenvalue weighted by atomic mass is 19.3. The average Bonchev–Trinajstić information content (AvgIpc) is 3.32. The first kappa shape index (κ1) is 20.6. The highest BCUT2D eigenvalue weighted by molar-refractivity contribution is 5.83. The number of alkyl halides is 3. The third-order valence-corrected chi connectivity index (χ3v) is 4.98. The molecule has 1 aromatic heterocycles. The summed E-state index contributed by atoms with van der Waals surface area (Å²) in [6.07, 6.45) is -1.22. The van der Waals surface area contributed by atoms with Gasteiger partial charge < -0.3 is 25.1 Å². The van der Waals surface area contributed by atoms with Gasteiger partial charge in [-0.1, -0.05) is 0 Å². The summed E-state index contributed by atoms with van der Waals surface area (Å²) in [7, 11) is 0. The van der Waals surface area contributed by atoms with Crippen molar-refractivity contribution in [3.05, 3.63) is 30.3 Å². The van der Waals surface area contributed by atoms with Gasteiger partial charge in [0.15, 0.2) is 11.8 Å². The maximum atomic E-state index is 13.4. The molecule has 2 aliphatic heterocycles. The van der Waals surface area contributed by atoms with E-state index in [1.54, 1.807) is 22.8 Å². The summed E-state index contributed by atoms with van der Waals surface area (Å²) in [5, 5.41) is 2.69. The van der Waals surface area contributed by atoms with Crippen LogP contribution in [0.1, 0.15) is 0 Å². The number of ether oxygens (including phenoxy) is 2. The van der Waals surface area contributed by atoms with Gasteiger partial charge in [0.2, 0.25) is 5.91 Å². The van der Waals surface area contributed by atoms with Gasteiger partial charge in [-0.3, -0.25) is 9.69 Å². The zero-order chi connectivity index (χ0) is 22.1. The molecule has 1 amide bonds. The van der Waals surface area contributed by atoms with E-state index in [1.165, 1.54) is 12.1 Å². The minimum Gasteiger partial charge on any atom is -0.491 e. The monoisotopic (exact) mass is 437 g/mol. The topological polar surface area (TPSA) is 112 Å². The summed E-state index contributed by atoms with van der Waals surface area (Å²) >= 11 is 0. The van der Waals surface area contributed by atoms with Crippen LogP contribution in [0.15, 0.2) is 30.3 Å². The van der Waals surface area contributed by atoms with Crippen LogP contribution in [-0.4, -0.2) is 59.8 Å². The normalized spacial score (nSPS) is 18.4. The first-order valence-corrected chi connectivity index (χ1v) is 9.34. The van der Waals surface area contributed by atoms with Crippen molar-refractivity contribution in [2.75, 3.05) is 30.1 Å². The summed E-state index contributed by atoms with van der Waals surface area (Å²) in [5.74, 6) is 1.30. The molecule has 0 radical (unpaired) electrons. The Labute approximate surface area is 174 Å². The summed E-state index contributed by atoms with van der Waals surface area (Å²) in [5.41, 5.74) is 6.12. The number of nitrogens with zero attached hydrogens (tertiary/aromatic N) is 3. The molecule has 3 heterocycles. The van der Waals surface area contributed by atoms with Crippen LogP contribution in [0.25, 0.3) is 11.4 Å². The highest BCUT2D eigenvalue weighted by Crippen LogP contribution is 2.37. The number of fused-ring (bicyclic) bond motifs is 3. The maximum absolute atomic E-state index is 13.4. The molecule has 0 saturated carbocycles. The number of rotatable bonds is 6. The summed E-state index contributed by atoms with van der Waals surface area (Å²) < 4.78 is 52.3. The van der Waals surface area contributed by atoms with E-state index in [4.69, 9.17) is 15.2 Å². The fraction of sp³-hybridized carbons (Fsp3) is 0.368. The van der Waals surface area contributed by atoms with Gasteiger partial charge in [0.1, 0.15) is 43.5 Å². The third kappa shape index (κ3) is 3.77. The summed E-state index contributed by atoms with van der Waals surface area (Å²) in [4.78, 5) is 27.9. The largest absolute Gasteiger partial charge is 0.491 e. The van der Waals surface area contributed by atoms with Crippen molar-refractivity contribution in [2.24, 2.45) is 5.73 Å². The van der Waals surface area contributed by atoms with E-state index >= 15 is 0 Å². The summed E-state index contributed by atoms with van der Waals surface area (Å²) in [6, 6.07) is 2.26. The van der Waals surface area contributed by atoms with Crippen molar-refractivity contribution >= 4 is 23.4 Å². The van der Waals surface area contributed by atoms with Gasteiger partial charge in [-0.2, -0.15) is 0 Å². The molecule has 2 aliphatic rings. The fourth-order valence-electron chi connectivity index (χ4n) is 3.46. The first-order valence-electron chi connectivity index (χ1n) is 9.34. The zero-order valence-electron chi connectivity index (χ0n) is 16.1. The molecule has 3 N–H and O–H groups in total. The number of anilines is 2. The number of halogens is 3. The van der Waals surface area contributed by atoms with Crippen LogP contribution in [0.3, 0.4) is 0 Å². The second-order valence-electron chi connectivity index (χ2n) is 6.92. The van der Waals surface area contributed by atoms with Crippen LogP contribution >= 0.6 is 0 Å². The standard InChI is InChI=1S/C19H18F3N5O4/c20-6-12(18(23)29)24-10-1-2-11-14(5-10)30-4-3-26-7-15(25-19(11)26)27-13(17(21)22)9-31-16(27)8-28/h1-2,5,7,12-13,17,24H,3-4,6,9H2,(H2,23,29)/t12-,13-/m0/s1. The van der Waals surface area contributed by atoms with E-state index in [0.717, 1.165) is 4.90 Å². The lowest BCUT2D eigenvalue weighted by Crippen LogP contribution is -2.37. The van der Waals surface area contributed by atoms with Crippen molar-refractivity contribution in [1.29, 1.82) is 0 Å². The molecule has 2 aromatic rings. The molecule has 0 spiro atoms. The number of amides is 1. The highest BCUT2D eigenvalue weighted by Gasteiger charge is 2.40. The van der Waals surface area contributed by atoms with Crippen molar-refractivity contribution in [1.82, 2.24) is 9.55 Å². The van der Waals surface area contributed by atoms with E-state index in [-0.39, 0.29) is 24.9 Å². The van der Waals surface area contributed by atoms with Crippen LogP contribution in [-0.2, 0) is 20.9 Å². The van der Waals surface area contributed by atoms with E-state index in [0.29, 0.717) is 29.4 Å². The molecular weight excluding hydrogens is 419 g/mol. The molecule has 9 nitrogen and oxygen atoms in total. The van der Waals surface area contributed by atoms with E-state index in [2.05, 4.69) is 10.3 Å². The minimum absolute atomic E-state index is 0.123. The van der Waals surface area contributed by atoms with Gasteiger partial charge in [0, 0.05) is 18.0 Å². The molecule has 0 unspecified atom stereocenters.